The molecule has 1 saturated heterocycles. The average Bonchev–Trinajstić information content (AvgIpc) is 2.60. The van der Waals surface area contributed by atoms with Crippen LogP contribution in [0.3, 0.4) is 0 Å². The Morgan fingerprint density at radius 1 is 1.61 bits per heavy atom. The molecular formula is C11H15NO4S2. The van der Waals surface area contributed by atoms with Gasteiger partial charge in [0.05, 0.1) is 16.3 Å². The molecule has 0 spiro atoms. The van der Waals surface area contributed by atoms with Crippen molar-refractivity contribution in [2.24, 2.45) is 5.92 Å². The van der Waals surface area contributed by atoms with Crippen molar-refractivity contribution in [1.29, 1.82) is 0 Å². The molecule has 0 aromatic rings. The smallest absolute Gasteiger partial charge is 0.354 e. The van der Waals surface area contributed by atoms with E-state index in [-0.39, 0.29) is 17.0 Å². The number of rotatable bonds is 5. The molecule has 5 nitrogen and oxygen atoms in total. The minimum atomic E-state index is -1.07. The van der Waals surface area contributed by atoms with Crippen LogP contribution in [0, 0.1) is 5.92 Å². The molecule has 0 aromatic carbocycles. The number of carbonyl (C=O) groups is 2. The average molecular weight is 289 g/mol. The Kier molecular flexibility index (Phi) is 3.93. The van der Waals surface area contributed by atoms with E-state index in [1.54, 1.807) is 6.92 Å². The number of carbonyl (C=O) groups excluding carboxylic acids is 1. The molecule has 3 atom stereocenters. The van der Waals surface area contributed by atoms with Crippen molar-refractivity contribution in [2.75, 3.05) is 5.75 Å². The number of aliphatic carboxylic acids is 1. The van der Waals surface area contributed by atoms with Crippen LogP contribution in [-0.2, 0) is 9.59 Å². The molecule has 1 amide bonds. The number of nitrogens with zero attached hydrogens (tertiary/aromatic N) is 1. The summed E-state index contributed by atoms with van der Waals surface area (Å²) in [5.74, 6) is -1.01. The fourth-order valence-electron chi connectivity index (χ4n) is 2.05. The van der Waals surface area contributed by atoms with Gasteiger partial charge >= 0.3 is 5.97 Å². The van der Waals surface area contributed by atoms with Gasteiger partial charge in [-0.25, -0.2) is 4.79 Å². The van der Waals surface area contributed by atoms with E-state index in [1.165, 1.54) is 28.4 Å². The highest BCUT2D eigenvalue weighted by Crippen LogP contribution is 2.53. The lowest BCUT2D eigenvalue weighted by atomic mass is 9.92. The van der Waals surface area contributed by atoms with Gasteiger partial charge in [-0.3, -0.25) is 9.69 Å². The molecule has 0 saturated carbocycles. The van der Waals surface area contributed by atoms with E-state index in [1.807, 2.05) is 6.92 Å². The predicted molar refractivity (Wildman–Crippen MR) is 70.8 cm³/mol. The summed E-state index contributed by atoms with van der Waals surface area (Å²) in [4.78, 5) is 24.4. The Labute approximate surface area is 114 Å². The Morgan fingerprint density at radius 2 is 2.28 bits per heavy atom. The van der Waals surface area contributed by atoms with Gasteiger partial charge in [-0.05, 0) is 19.1 Å². The lowest BCUT2D eigenvalue weighted by molar-refractivity contribution is -0.156. The number of fused-ring (bicyclic) bond motifs is 1. The minimum Gasteiger partial charge on any atom is -0.477 e. The monoisotopic (exact) mass is 289 g/mol. The molecule has 1 fully saturated rings. The molecule has 2 rings (SSSR count). The van der Waals surface area contributed by atoms with Crippen molar-refractivity contribution in [1.82, 2.24) is 4.90 Å². The van der Waals surface area contributed by atoms with Crippen LogP contribution in [-0.4, -0.2) is 44.2 Å². The van der Waals surface area contributed by atoms with Crippen molar-refractivity contribution in [3.8, 4) is 0 Å². The van der Waals surface area contributed by atoms with Gasteiger partial charge < -0.3 is 10.2 Å². The van der Waals surface area contributed by atoms with E-state index in [0.717, 1.165) is 12.2 Å². The summed E-state index contributed by atoms with van der Waals surface area (Å²) in [7, 11) is 0. The third kappa shape index (κ3) is 2.04. The number of hydrogen-bond donors (Lipinski definition) is 2. The van der Waals surface area contributed by atoms with Crippen molar-refractivity contribution >= 4 is 35.4 Å². The zero-order valence-electron chi connectivity index (χ0n) is 10.1. The second-order valence-corrected chi connectivity index (χ2v) is 6.76. The number of aliphatic hydroxyl groups is 1. The number of carboxylic acids is 1. The van der Waals surface area contributed by atoms with E-state index in [2.05, 4.69) is 0 Å². The van der Waals surface area contributed by atoms with Gasteiger partial charge in [0, 0.05) is 0 Å². The number of amides is 1. The molecule has 0 aromatic heterocycles. The van der Waals surface area contributed by atoms with E-state index in [0.29, 0.717) is 4.24 Å². The molecule has 2 unspecified atom stereocenters. The lowest BCUT2D eigenvalue weighted by Gasteiger charge is -2.43. The Balaban J connectivity index is 2.21. The maximum absolute atomic E-state index is 11.9. The normalized spacial score (nSPS) is 28.2. The van der Waals surface area contributed by atoms with Gasteiger partial charge in [0.15, 0.2) is 5.70 Å². The molecule has 2 aliphatic rings. The molecule has 100 valence electrons. The topological polar surface area (TPSA) is 77.8 Å². The zero-order chi connectivity index (χ0) is 13.4. The Bertz CT molecular complexity index is 421. The van der Waals surface area contributed by atoms with Crippen LogP contribution in [0.1, 0.15) is 20.3 Å². The van der Waals surface area contributed by atoms with Gasteiger partial charge in [0.25, 0.3) is 0 Å². The summed E-state index contributed by atoms with van der Waals surface area (Å²) < 4.78 is 0.686. The third-order valence-electron chi connectivity index (χ3n) is 2.91. The summed E-state index contributed by atoms with van der Waals surface area (Å²) >= 11 is 2.85. The second-order valence-electron chi connectivity index (χ2n) is 4.27. The summed E-state index contributed by atoms with van der Waals surface area (Å²) in [5.41, 5.74) is 0.0883. The van der Waals surface area contributed by atoms with E-state index >= 15 is 0 Å². The van der Waals surface area contributed by atoms with Gasteiger partial charge in [-0.1, -0.05) is 18.7 Å². The molecule has 2 N–H and O–H groups in total. The largest absolute Gasteiger partial charge is 0.477 e. The molecule has 2 heterocycles. The standard InChI is InChI=1S/C11H15NO4S2/c1-3-4-17-11-7(10(15)16)12-8(14)6(5(2)13)9(12)18-11/h5-6,9,13H,3-4H2,1-2H3,(H,15,16)/t5?,6-,9?/m0/s1. The molecule has 2 aliphatic heterocycles. The highest BCUT2D eigenvalue weighted by atomic mass is 32.2. The van der Waals surface area contributed by atoms with Gasteiger partial charge in [0.2, 0.25) is 5.91 Å². The third-order valence-corrected chi connectivity index (χ3v) is 5.77. The predicted octanol–water partition coefficient (Wildman–Crippen LogP) is 1.30. The number of aliphatic hydroxyl groups excluding tert-OH is 1. The van der Waals surface area contributed by atoms with Crippen LogP contribution in [0.25, 0.3) is 0 Å². The SMILES string of the molecule is CCCSC1=C(C(=O)O)N2C(=O)[C@H](C(C)O)C2S1. The van der Waals surface area contributed by atoms with Crippen LogP contribution >= 0.6 is 23.5 Å². The number of carboxylic acid groups (broad SMARTS) is 1. The molecule has 0 radical (unpaired) electrons. The van der Waals surface area contributed by atoms with Gasteiger partial charge in [-0.15, -0.1) is 11.8 Å². The highest BCUT2D eigenvalue weighted by molar-refractivity contribution is 8.22. The number of thioether (sulfide) groups is 2. The maximum atomic E-state index is 11.9. The van der Waals surface area contributed by atoms with Crippen molar-refractivity contribution in [2.45, 2.75) is 31.7 Å². The zero-order valence-corrected chi connectivity index (χ0v) is 11.8. The summed E-state index contributed by atoms with van der Waals surface area (Å²) in [5, 5.41) is 18.5. The fourth-order valence-corrected chi connectivity index (χ4v) is 4.90. The van der Waals surface area contributed by atoms with E-state index in [9.17, 15) is 19.8 Å². The summed E-state index contributed by atoms with van der Waals surface area (Å²) in [6, 6.07) is 0. The first-order valence-corrected chi connectivity index (χ1v) is 7.63. The molecular weight excluding hydrogens is 274 g/mol. The molecule has 18 heavy (non-hydrogen) atoms. The van der Waals surface area contributed by atoms with Crippen molar-refractivity contribution in [3.63, 3.8) is 0 Å². The molecule has 0 bridgehead atoms. The fraction of sp³-hybridized carbons (Fsp3) is 0.636. The maximum Gasteiger partial charge on any atom is 0.354 e. The van der Waals surface area contributed by atoms with Crippen LogP contribution < -0.4 is 0 Å². The van der Waals surface area contributed by atoms with E-state index < -0.39 is 18.0 Å². The number of β-lactam (4-membered cyclic amide) rings is 1. The van der Waals surface area contributed by atoms with E-state index in [4.69, 9.17) is 0 Å². The Hall–Kier alpha value is -0.660. The van der Waals surface area contributed by atoms with Gasteiger partial charge in [0.1, 0.15) is 5.37 Å². The van der Waals surface area contributed by atoms with Crippen LogP contribution in [0.15, 0.2) is 9.93 Å². The first-order valence-electron chi connectivity index (χ1n) is 5.77. The highest BCUT2D eigenvalue weighted by Gasteiger charge is 2.57. The second kappa shape index (κ2) is 5.14. The van der Waals surface area contributed by atoms with Crippen LogP contribution in [0.4, 0.5) is 0 Å². The molecule has 0 aliphatic carbocycles. The summed E-state index contributed by atoms with van der Waals surface area (Å²) in [6.07, 6.45) is 0.205. The minimum absolute atomic E-state index is 0.0883. The first-order chi connectivity index (χ1) is 8.49. The van der Waals surface area contributed by atoms with Gasteiger partial charge in [-0.2, -0.15) is 0 Å². The summed E-state index contributed by atoms with van der Waals surface area (Å²) in [6.45, 7) is 3.59. The van der Waals surface area contributed by atoms with Crippen LogP contribution in [0.2, 0.25) is 0 Å². The van der Waals surface area contributed by atoms with Crippen molar-refractivity contribution in [3.05, 3.63) is 9.93 Å². The Morgan fingerprint density at radius 3 is 2.78 bits per heavy atom. The quantitative estimate of drug-likeness (QED) is 0.743. The lowest BCUT2D eigenvalue weighted by Crippen LogP contribution is -2.60. The number of hydrogen-bond acceptors (Lipinski definition) is 5. The first kappa shape index (κ1) is 13.8. The van der Waals surface area contributed by atoms with Crippen LogP contribution in [0.5, 0.6) is 0 Å². The van der Waals surface area contributed by atoms with Crippen molar-refractivity contribution < 1.29 is 19.8 Å². The molecule has 7 heteroatoms.